The smallest absolute Gasteiger partial charge is 0.190 e. The van der Waals surface area contributed by atoms with Crippen molar-refractivity contribution in [3.63, 3.8) is 0 Å². The van der Waals surface area contributed by atoms with Gasteiger partial charge in [0.25, 0.3) is 0 Å². The Morgan fingerprint density at radius 3 is 3.00 bits per heavy atom. The van der Waals surface area contributed by atoms with Crippen LogP contribution in [-0.4, -0.2) is 4.98 Å². The van der Waals surface area contributed by atoms with Crippen LogP contribution in [0.4, 0.5) is 0 Å². The van der Waals surface area contributed by atoms with Gasteiger partial charge >= 0.3 is 0 Å². The number of fused-ring (bicyclic) bond motifs is 1. The molecule has 1 aromatic carbocycles. The Kier molecular flexibility index (Phi) is 1.30. The third-order valence-corrected chi connectivity index (χ3v) is 1.69. The summed E-state index contributed by atoms with van der Waals surface area (Å²) >= 11 is 0. The largest absolute Gasteiger partial charge is 0.361 e. The minimum Gasteiger partial charge on any atom is -0.361 e. The van der Waals surface area contributed by atoms with Gasteiger partial charge in [-0.25, -0.2) is 0 Å². The minimum atomic E-state index is 0.789. The maximum absolute atomic E-state index is 4.83. The molecule has 3 heteroatoms. The molecule has 4 N–H and O–H groups in total. The number of aromatic amines is 1. The normalized spacial score (nSPS) is 10.3. The van der Waals surface area contributed by atoms with Crippen molar-refractivity contribution >= 4 is 10.9 Å². The van der Waals surface area contributed by atoms with Gasteiger partial charge in [0.05, 0.1) is 0 Å². The summed E-state index contributed by atoms with van der Waals surface area (Å²) in [4.78, 5) is 7.92. The highest BCUT2D eigenvalue weighted by Gasteiger charge is 1.96. The van der Waals surface area contributed by atoms with Crippen molar-refractivity contribution < 1.29 is 10.7 Å². The van der Waals surface area contributed by atoms with Crippen molar-refractivity contribution in [3.8, 4) is 5.75 Å². The Morgan fingerprint density at radius 2 is 2.18 bits per heavy atom. The Hall–Kier alpha value is -1.48. The van der Waals surface area contributed by atoms with Crippen molar-refractivity contribution in [2.45, 2.75) is 0 Å². The highest BCUT2D eigenvalue weighted by atomic mass is 16.6. The average molecular weight is 149 g/mol. The molecule has 11 heavy (non-hydrogen) atoms. The predicted octanol–water partition coefficient (Wildman–Crippen LogP) is 0.704. The molecule has 2 aromatic rings. The molecule has 0 saturated heterocycles. The third-order valence-electron chi connectivity index (χ3n) is 1.69. The van der Waals surface area contributed by atoms with Crippen LogP contribution >= 0.6 is 0 Å². The lowest BCUT2D eigenvalue weighted by Crippen LogP contribution is -2.53. The monoisotopic (exact) mass is 149 g/mol. The second kappa shape index (κ2) is 2.29. The first-order valence-corrected chi connectivity index (χ1v) is 3.39. The predicted molar refractivity (Wildman–Crippen MR) is 41.8 cm³/mol. The van der Waals surface area contributed by atoms with Gasteiger partial charge < -0.3 is 9.82 Å². The van der Waals surface area contributed by atoms with E-state index in [4.69, 9.17) is 4.84 Å². The maximum Gasteiger partial charge on any atom is 0.190 e. The summed E-state index contributed by atoms with van der Waals surface area (Å²) in [6.07, 6.45) is 1.90. The number of nitrogens with one attached hydrogen (secondary N) is 1. The van der Waals surface area contributed by atoms with E-state index in [0.29, 0.717) is 0 Å². The molecular formula is C8H9N2O+. The Labute approximate surface area is 63.7 Å². The van der Waals surface area contributed by atoms with Crippen LogP contribution in [0.3, 0.4) is 0 Å². The van der Waals surface area contributed by atoms with Crippen LogP contribution in [0.2, 0.25) is 0 Å². The number of quaternary nitrogens is 1. The van der Waals surface area contributed by atoms with Gasteiger partial charge in [-0.2, -0.15) is 5.90 Å². The van der Waals surface area contributed by atoms with Crippen LogP contribution in [0.1, 0.15) is 0 Å². The molecule has 0 amide bonds. The van der Waals surface area contributed by atoms with Crippen LogP contribution in [0.25, 0.3) is 10.9 Å². The molecule has 0 unspecified atom stereocenters. The van der Waals surface area contributed by atoms with E-state index in [2.05, 4.69) is 10.9 Å². The van der Waals surface area contributed by atoms with E-state index < -0.39 is 0 Å². The molecule has 0 saturated carbocycles. The second-order valence-corrected chi connectivity index (χ2v) is 2.37. The highest BCUT2D eigenvalue weighted by Crippen LogP contribution is 2.17. The molecule has 0 radical (unpaired) electrons. The van der Waals surface area contributed by atoms with Crippen molar-refractivity contribution in [3.05, 3.63) is 30.5 Å². The number of rotatable bonds is 1. The number of hydrogen-bond acceptors (Lipinski definition) is 1. The van der Waals surface area contributed by atoms with Gasteiger partial charge in [-0.1, -0.05) is 0 Å². The van der Waals surface area contributed by atoms with Crippen molar-refractivity contribution in [1.29, 1.82) is 0 Å². The molecule has 2 rings (SSSR count). The molecule has 0 bridgehead atoms. The first-order chi connectivity index (χ1) is 5.40. The lowest BCUT2D eigenvalue weighted by Gasteiger charge is -1.93. The van der Waals surface area contributed by atoms with Crippen molar-refractivity contribution in [1.82, 2.24) is 4.98 Å². The molecule has 0 aliphatic rings. The zero-order chi connectivity index (χ0) is 7.68. The molecule has 1 aromatic heterocycles. The number of H-pyrrole nitrogens is 1. The van der Waals surface area contributed by atoms with Gasteiger partial charge in [-0.3, -0.25) is 0 Å². The summed E-state index contributed by atoms with van der Waals surface area (Å²) in [6, 6.07) is 7.79. The fourth-order valence-corrected chi connectivity index (χ4v) is 1.12. The van der Waals surface area contributed by atoms with Crippen LogP contribution in [0, 0.1) is 0 Å². The van der Waals surface area contributed by atoms with Crippen LogP contribution in [0.15, 0.2) is 30.5 Å². The molecule has 0 aliphatic heterocycles. The SMILES string of the molecule is [NH3+]Oc1ccc2[nH]ccc2c1. The molecular weight excluding hydrogens is 140 g/mol. The third kappa shape index (κ3) is 0.951. The van der Waals surface area contributed by atoms with E-state index in [1.54, 1.807) is 0 Å². The minimum absolute atomic E-state index is 0.789. The average Bonchev–Trinajstić information content (AvgIpc) is 2.50. The van der Waals surface area contributed by atoms with E-state index in [1.807, 2.05) is 30.5 Å². The summed E-state index contributed by atoms with van der Waals surface area (Å²) in [5.41, 5.74) is 1.12. The summed E-state index contributed by atoms with van der Waals surface area (Å²) in [5.74, 6) is 4.13. The van der Waals surface area contributed by atoms with Gasteiger partial charge in [-0.15, -0.1) is 0 Å². The van der Waals surface area contributed by atoms with E-state index in [1.165, 1.54) is 0 Å². The van der Waals surface area contributed by atoms with Gasteiger partial charge in [-0.05, 0) is 24.3 Å². The molecule has 0 spiro atoms. The number of hydrogen-bond donors (Lipinski definition) is 2. The number of benzene rings is 1. The molecule has 0 aliphatic carbocycles. The molecule has 0 atom stereocenters. The van der Waals surface area contributed by atoms with Gasteiger partial charge in [0.15, 0.2) is 5.75 Å². The lowest BCUT2D eigenvalue weighted by atomic mass is 10.2. The summed E-state index contributed by atoms with van der Waals surface area (Å²) < 4.78 is 0. The molecule has 56 valence electrons. The van der Waals surface area contributed by atoms with E-state index in [9.17, 15) is 0 Å². The van der Waals surface area contributed by atoms with Crippen LogP contribution < -0.4 is 10.7 Å². The maximum atomic E-state index is 4.83. The zero-order valence-electron chi connectivity index (χ0n) is 6.00. The van der Waals surface area contributed by atoms with Gasteiger partial charge in [0.2, 0.25) is 0 Å². The topological polar surface area (TPSA) is 52.7 Å². The number of aromatic nitrogens is 1. The molecule has 3 nitrogen and oxygen atoms in total. The Balaban J connectivity index is 2.67. The Morgan fingerprint density at radius 1 is 1.27 bits per heavy atom. The lowest BCUT2D eigenvalue weighted by molar-refractivity contribution is -0.635. The molecule has 0 fully saturated rings. The second-order valence-electron chi connectivity index (χ2n) is 2.37. The van der Waals surface area contributed by atoms with Crippen molar-refractivity contribution in [2.75, 3.05) is 0 Å². The van der Waals surface area contributed by atoms with E-state index >= 15 is 0 Å². The first kappa shape index (κ1) is 6.24. The fraction of sp³-hybridized carbons (Fsp3) is 0. The summed E-state index contributed by atoms with van der Waals surface area (Å²) in [6.45, 7) is 0. The van der Waals surface area contributed by atoms with E-state index in [0.717, 1.165) is 16.7 Å². The van der Waals surface area contributed by atoms with Crippen LogP contribution in [-0.2, 0) is 0 Å². The van der Waals surface area contributed by atoms with Gasteiger partial charge in [0.1, 0.15) is 0 Å². The van der Waals surface area contributed by atoms with Crippen LogP contribution in [0.5, 0.6) is 5.75 Å². The van der Waals surface area contributed by atoms with Crippen molar-refractivity contribution in [2.24, 2.45) is 0 Å². The quantitative estimate of drug-likeness (QED) is 0.576. The fourth-order valence-electron chi connectivity index (χ4n) is 1.12. The standard InChI is InChI=1S/C8H9N2O/c9-11-7-1-2-8-6(5-7)3-4-10-8/h1-5,10H,9H3/q+1. The zero-order valence-corrected chi connectivity index (χ0v) is 6.00. The Bertz CT molecular complexity index is 367. The molecule has 1 heterocycles. The first-order valence-electron chi connectivity index (χ1n) is 3.39. The van der Waals surface area contributed by atoms with Gasteiger partial charge in [0, 0.05) is 17.1 Å². The van der Waals surface area contributed by atoms with E-state index in [-0.39, 0.29) is 0 Å². The highest BCUT2D eigenvalue weighted by molar-refractivity contribution is 5.80. The summed E-state index contributed by atoms with van der Waals surface area (Å²) in [5, 5.41) is 1.14. The summed E-state index contributed by atoms with van der Waals surface area (Å²) in [7, 11) is 0.